The first-order valence-electron chi connectivity index (χ1n) is 8.57. The van der Waals surface area contributed by atoms with E-state index in [9.17, 15) is 5.11 Å². The van der Waals surface area contributed by atoms with Crippen LogP contribution in [0.4, 0.5) is 0 Å². The molecular formula is C19H27N3O2. The zero-order chi connectivity index (χ0) is 17.2. The molecule has 5 nitrogen and oxygen atoms in total. The third kappa shape index (κ3) is 4.16. The highest BCUT2D eigenvalue weighted by Gasteiger charge is 2.34. The van der Waals surface area contributed by atoms with Gasteiger partial charge in [-0.25, -0.2) is 0 Å². The molecule has 130 valence electrons. The third-order valence-corrected chi connectivity index (χ3v) is 4.77. The maximum Gasteiger partial charge on any atom is 0.119 e. The second-order valence-corrected chi connectivity index (χ2v) is 7.05. The lowest BCUT2D eigenvalue weighted by Gasteiger charge is -2.38. The SMILES string of the molecule is Cc1ccc(OCC2(O)CCCN(Cc3ccn(C)n3)C2)cc1C. The van der Waals surface area contributed by atoms with E-state index in [0.29, 0.717) is 13.2 Å². The predicted molar refractivity (Wildman–Crippen MR) is 94.1 cm³/mol. The number of ether oxygens (including phenoxy) is 1. The molecule has 3 rings (SSSR count). The molecule has 2 heterocycles. The Balaban J connectivity index is 1.58. The molecule has 24 heavy (non-hydrogen) atoms. The zero-order valence-electron chi connectivity index (χ0n) is 14.8. The number of rotatable bonds is 5. The Bertz CT molecular complexity index is 698. The van der Waals surface area contributed by atoms with Gasteiger partial charge >= 0.3 is 0 Å². The molecule has 1 saturated heterocycles. The molecule has 0 spiro atoms. The van der Waals surface area contributed by atoms with E-state index in [-0.39, 0.29) is 0 Å². The van der Waals surface area contributed by atoms with Crippen LogP contribution in [0.3, 0.4) is 0 Å². The van der Waals surface area contributed by atoms with Crippen molar-refractivity contribution in [2.75, 3.05) is 19.7 Å². The van der Waals surface area contributed by atoms with E-state index >= 15 is 0 Å². The minimum absolute atomic E-state index is 0.328. The van der Waals surface area contributed by atoms with Crippen LogP contribution in [-0.2, 0) is 13.6 Å². The third-order valence-electron chi connectivity index (χ3n) is 4.77. The average Bonchev–Trinajstić information content (AvgIpc) is 2.94. The highest BCUT2D eigenvalue weighted by molar-refractivity contribution is 5.33. The fourth-order valence-electron chi connectivity index (χ4n) is 3.26. The van der Waals surface area contributed by atoms with Gasteiger partial charge in [-0.05, 0) is 62.6 Å². The van der Waals surface area contributed by atoms with E-state index in [1.807, 2.05) is 36.1 Å². The van der Waals surface area contributed by atoms with Gasteiger partial charge in [0.15, 0.2) is 0 Å². The standard InChI is InChI=1S/C19H27N3O2/c1-15-5-6-18(11-16(15)2)24-14-19(23)8-4-9-22(13-19)12-17-7-10-21(3)20-17/h5-7,10-11,23H,4,8-9,12-14H2,1-3H3. The van der Waals surface area contributed by atoms with Gasteiger partial charge in [-0.2, -0.15) is 5.10 Å². The predicted octanol–water partition coefficient (Wildman–Crippen LogP) is 2.44. The maximum atomic E-state index is 10.9. The first-order chi connectivity index (χ1) is 11.4. The summed E-state index contributed by atoms with van der Waals surface area (Å²) >= 11 is 0. The summed E-state index contributed by atoms with van der Waals surface area (Å²) in [5.74, 6) is 0.827. The largest absolute Gasteiger partial charge is 0.491 e. The molecule has 0 bridgehead atoms. The topological polar surface area (TPSA) is 50.5 Å². The van der Waals surface area contributed by atoms with Crippen LogP contribution in [0.2, 0.25) is 0 Å². The van der Waals surface area contributed by atoms with Crippen LogP contribution >= 0.6 is 0 Å². The molecule has 0 amide bonds. The van der Waals surface area contributed by atoms with Crippen molar-refractivity contribution in [2.45, 2.75) is 38.8 Å². The van der Waals surface area contributed by atoms with Gasteiger partial charge in [0.05, 0.1) is 5.69 Å². The van der Waals surface area contributed by atoms with Crippen LogP contribution in [0.15, 0.2) is 30.5 Å². The summed E-state index contributed by atoms with van der Waals surface area (Å²) in [6.45, 7) is 6.87. The van der Waals surface area contributed by atoms with Crippen LogP contribution in [0.25, 0.3) is 0 Å². The Morgan fingerprint density at radius 3 is 2.79 bits per heavy atom. The van der Waals surface area contributed by atoms with Gasteiger partial charge in [0.1, 0.15) is 18.0 Å². The zero-order valence-corrected chi connectivity index (χ0v) is 14.8. The smallest absolute Gasteiger partial charge is 0.119 e. The maximum absolute atomic E-state index is 10.9. The van der Waals surface area contributed by atoms with Crippen molar-refractivity contribution < 1.29 is 9.84 Å². The number of β-amino-alcohol motifs (C(OH)–C–C–N with tert-alkyl or cyclic N) is 1. The van der Waals surface area contributed by atoms with Crippen molar-refractivity contribution in [3.05, 3.63) is 47.3 Å². The van der Waals surface area contributed by atoms with Crippen LogP contribution in [0, 0.1) is 13.8 Å². The van der Waals surface area contributed by atoms with E-state index in [0.717, 1.165) is 37.4 Å². The highest BCUT2D eigenvalue weighted by Crippen LogP contribution is 2.24. The van der Waals surface area contributed by atoms with Crippen LogP contribution in [0.1, 0.15) is 29.7 Å². The minimum atomic E-state index is -0.800. The number of likely N-dealkylation sites (tertiary alicyclic amines) is 1. The van der Waals surface area contributed by atoms with Crippen molar-refractivity contribution in [3.8, 4) is 5.75 Å². The van der Waals surface area contributed by atoms with E-state index in [1.165, 1.54) is 11.1 Å². The van der Waals surface area contributed by atoms with Crippen LogP contribution in [0.5, 0.6) is 5.75 Å². The van der Waals surface area contributed by atoms with Gasteiger partial charge in [-0.3, -0.25) is 9.58 Å². The quantitative estimate of drug-likeness (QED) is 0.915. The summed E-state index contributed by atoms with van der Waals surface area (Å²) in [6.07, 6.45) is 3.70. The Morgan fingerprint density at radius 2 is 2.08 bits per heavy atom. The summed E-state index contributed by atoms with van der Waals surface area (Å²) in [6, 6.07) is 8.09. The molecule has 5 heteroatoms. The van der Waals surface area contributed by atoms with Crippen LogP contribution in [-0.4, -0.2) is 45.1 Å². The number of hydrogen-bond donors (Lipinski definition) is 1. The molecule has 1 unspecified atom stereocenters. The second kappa shape index (κ2) is 6.95. The number of aliphatic hydroxyl groups is 1. The Morgan fingerprint density at radius 1 is 1.25 bits per heavy atom. The molecule has 1 aromatic heterocycles. The number of benzene rings is 1. The number of nitrogens with zero attached hydrogens (tertiary/aromatic N) is 3. The Hall–Kier alpha value is -1.85. The molecule has 1 aromatic carbocycles. The molecule has 0 aliphatic carbocycles. The van der Waals surface area contributed by atoms with Crippen molar-refractivity contribution >= 4 is 0 Å². The fraction of sp³-hybridized carbons (Fsp3) is 0.526. The molecule has 1 atom stereocenters. The van der Waals surface area contributed by atoms with Crippen molar-refractivity contribution in [3.63, 3.8) is 0 Å². The summed E-state index contributed by atoms with van der Waals surface area (Å²) in [5, 5.41) is 15.3. The lowest BCUT2D eigenvalue weighted by molar-refractivity contribution is -0.0623. The molecular weight excluding hydrogens is 302 g/mol. The normalized spacial score (nSPS) is 21.8. The monoisotopic (exact) mass is 329 g/mol. The molecule has 1 aliphatic rings. The molecule has 1 N–H and O–H groups in total. The van der Waals surface area contributed by atoms with Gasteiger partial charge in [0, 0.05) is 26.3 Å². The summed E-state index contributed by atoms with van der Waals surface area (Å²) in [5.41, 5.74) is 2.70. The van der Waals surface area contributed by atoms with Gasteiger partial charge in [0.2, 0.25) is 0 Å². The van der Waals surface area contributed by atoms with Gasteiger partial charge in [0.25, 0.3) is 0 Å². The van der Waals surface area contributed by atoms with E-state index in [1.54, 1.807) is 0 Å². The van der Waals surface area contributed by atoms with Crippen molar-refractivity contribution in [2.24, 2.45) is 7.05 Å². The molecule has 1 aliphatic heterocycles. The number of aryl methyl sites for hydroxylation is 3. The lowest BCUT2D eigenvalue weighted by Crippen LogP contribution is -2.51. The van der Waals surface area contributed by atoms with Gasteiger partial charge in [-0.1, -0.05) is 6.07 Å². The molecule has 1 fully saturated rings. The fourth-order valence-corrected chi connectivity index (χ4v) is 3.26. The first kappa shape index (κ1) is 17.0. The molecule has 2 aromatic rings. The number of aromatic nitrogens is 2. The van der Waals surface area contributed by atoms with E-state index in [4.69, 9.17) is 4.74 Å². The van der Waals surface area contributed by atoms with E-state index in [2.05, 4.69) is 29.9 Å². The summed E-state index contributed by atoms with van der Waals surface area (Å²) in [4.78, 5) is 2.26. The average molecular weight is 329 g/mol. The number of hydrogen-bond acceptors (Lipinski definition) is 4. The molecule has 0 saturated carbocycles. The van der Waals surface area contributed by atoms with Crippen molar-refractivity contribution in [1.29, 1.82) is 0 Å². The summed E-state index contributed by atoms with van der Waals surface area (Å²) < 4.78 is 7.70. The molecule has 0 radical (unpaired) electrons. The Kier molecular flexibility index (Phi) is 4.92. The van der Waals surface area contributed by atoms with Gasteiger partial charge < -0.3 is 9.84 Å². The lowest BCUT2D eigenvalue weighted by atomic mass is 9.93. The Labute approximate surface area is 143 Å². The first-order valence-corrected chi connectivity index (χ1v) is 8.57. The summed E-state index contributed by atoms with van der Waals surface area (Å²) in [7, 11) is 1.92. The second-order valence-electron chi connectivity index (χ2n) is 7.05. The van der Waals surface area contributed by atoms with E-state index < -0.39 is 5.60 Å². The van der Waals surface area contributed by atoms with Gasteiger partial charge in [-0.15, -0.1) is 0 Å². The number of piperidine rings is 1. The minimum Gasteiger partial charge on any atom is -0.491 e. The van der Waals surface area contributed by atoms with Crippen LogP contribution < -0.4 is 4.74 Å². The highest BCUT2D eigenvalue weighted by atomic mass is 16.5. The van der Waals surface area contributed by atoms with Crippen molar-refractivity contribution in [1.82, 2.24) is 14.7 Å².